The predicted octanol–water partition coefficient (Wildman–Crippen LogP) is 4.21. The van der Waals surface area contributed by atoms with Crippen molar-refractivity contribution >= 4 is 21.6 Å². The van der Waals surface area contributed by atoms with Crippen LogP contribution in [0.15, 0.2) is 22.7 Å². The molecule has 0 aliphatic carbocycles. The number of benzene rings is 1. The maximum atomic E-state index is 3.57. The first-order valence-electron chi connectivity index (χ1n) is 6.69. The molecule has 0 heterocycles. The topological polar surface area (TPSA) is 15.3 Å². The third-order valence-corrected chi connectivity index (χ3v) is 3.51. The van der Waals surface area contributed by atoms with E-state index in [1.807, 2.05) is 0 Å². The zero-order valence-electron chi connectivity index (χ0n) is 12.1. The SMILES string of the molecule is CCNC(C)c1ccc(Br)cc1N(C)CC(C)C. The van der Waals surface area contributed by atoms with E-state index >= 15 is 0 Å². The highest BCUT2D eigenvalue weighted by molar-refractivity contribution is 9.10. The summed E-state index contributed by atoms with van der Waals surface area (Å²) in [5, 5.41) is 3.49. The minimum Gasteiger partial charge on any atom is -0.374 e. The lowest BCUT2D eigenvalue weighted by Gasteiger charge is -2.27. The van der Waals surface area contributed by atoms with Crippen molar-refractivity contribution in [3.05, 3.63) is 28.2 Å². The molecule has 0 saturated carbocycles. The molecule has 1 unspecified atom stereocenters. The molecule has 102 valence electrons. The van der Waals surface area contributed by atoms with E-state index < -0.39 is 0 Å². The summed E-state index contributed by atoms with van der Waals surface area (Å²) in [5.41, 5.74) is 2.68. The lowest BCUT2D eigenvalue weighted by atomic mass is 10.0. The fourth-order valence-corrected chi connectivity index (χ4v) is 2.62. The monoisotopic (exact) mass is 312 g/mol. The normalized spacial score (nSPS) is 12.8. The van der Waals surface area contributed by atoms with Gasteiger partial charge in [-0.25, -0.2) is 0 Å². The fraction of sp³-hybridized carbons (Fsp3) is 0.600. The van der Waals surface area contributed by atoms with Crippen LogP contribution in [0.25, 0.3) is 0 Å². The summed E-state index contributed by atoms with van der Waals surface area (Å²) in [6.07, 6.45) is 0. The predicted molar refractivity (Wildman–Crippen MR) is 84.3 cm³/mol. The molecule has 0 fully saturated rings. The lowest BCUT2D eigenvalue weighted by molar-refractivity contribution is 0.590. The van der Waals surface area contributed by atoms with Crippen LogP contribution < -0.4 is 10.2 Å². The first-order valence-corrected chi connectivity index (χ1v) is 7.49. The molecule has 1 rings (SSSR count). The molecule has 0 aliphatic rings. The molecule has 3 heteroatoms. The van der Waals surface area contributed by atoms with Gasteiger partial charge in [0.15, 0.2) is 0 Å². The number of hydrogen-bond acceptors (Lipinski definition) is 2. The summed E-state index contributed by atoms with van der Waals surface area (Å²) < 4.78 is 1.14. The summed E-state index contributed by atoms with van der Waals surface area (Å²) >= 11 is 3.57. The minimum atomic E-state index is 0.382. The van der Waals surface area contributed by atoms with Crippen molar-refractivity contribution < 1.29 is 0 Å². The highest BCUT2D eigenvalue weighted by Gasteiger charge is 2.14. The average molecular weight is 313 g/mol. The summed E-state index contributed by atoms with van der Waals surface area (Å²) in [4.78, 5) is 2.35. The van der Waals surface area contributed by atoms with Gasteiger partial charge in [0, 0.05) is 29.8 Å². The second-order valence-electron chi connectivity index (χ2n) is 5.26. The van der Waals surface area contributed by atoms with Gasteiger partial charge in [-0.15, -0.1) is 0 Å². The van der Waals surface area contributed by atoms with Gasteiger partial charge < -0.3 is 10.2 Å². The fourth-order valence-electron chi connectivity index (χ4n) is 2.28. The third kappa shape index (κ3) is 4.29. The molecule has 1 aromatic rings. The summed E-state index contributed by atoms with van der Waals surface area (Å²) in [6, 6.07) is 6.93. The molecule has 1 N–H and O–H groups in total. The first kappa shape index (κ1) is 15.5. The highest BCUT2D eigenvalue weighted by atomic mass is 79.9. The second-order valence-corrected chi connectivity index (χ2v) is 6.17. The van der Waals surface area contributed by atoms with Gasteiger partial charge in [0.1, 0.15) is 0 Å². The molecule has 0 spiro atoms. The standard InChI is InChI=1S/C15H25BrN2/c1-6-17-12(4)14-8-7-13(16)9-15(14)18(5)10-11(2)3/h7-9,11-12,17H,6,10H2,1-5H3. The Labute approximate surface area is 120 Å². The van der Waals surface area contributed by atoms with Gasteiger partial charge in [0.2, 0.25) is 0 Å². The molecule has 0 saturated heterocycles. The number of rotatable bonds is 6. The van der Waals surface area contributed by atoms with Gasteiger partial charge in [0.25, 0.3) is 0 Å². The quantitative estimate of drug-likeness (QED) is 0.846. The summed E-state index contributed by atoms with van der Waals surface area (Å²) in [7, 11) is 2.17. The van der Waals surface area contributed by atoms with Crippen molar-refractivity contribution in [2.24, 2.45) is 5.92 Å². The summed E-state index contributed by atoms with van der Waals surface area (Å²) in [6.45, 7) is 10.9. The van der Waals surface area contributed by atoms with Gasteiger partial charge in [-0.3, -0.25) is 0 Å². The smallest absolute Gasteiger partial charge is 0.0423 e. The average Bonchev–Trinajstić information content (AvgIpc) is 2.28. The first-order chi connectivity index (χ1) is 8.45. The molecule has 0 amide bonds. The van der Waals surface area contributed by atoms with Crippen molar-refractivity contribution in [2.45, 2.75) is 33.7 Å². The molecule has 1 aromatic carbocycles. The van der Waals surface area contributed by atoms with Crippen molar-refractivity contribution in [2.75, 3.05) is 25.0 Å². The van der Waals surface area contributed by atoms with E-state index in [1.54, 1.807) is 0 Å². The van der Waals surface area contributed by atoms with E-state index in [-0.39, 0.29) is 0 Å². The Bertz CT molecular complexity index is 377. The Kier molecular flexibility index (Phi) is 6.16. The molecule has 0 aromatic heterocycles. The van der Waals surface area contributed by atoms with Gasteiger partial charge in [-0.05, 0) is 37.1 Å². The van der Waals surface area contributed by atoms with Crippen LogP contribution in [0.5, 0.6) is 0 Å². The number of halogens is 1. The van der Waals surface area contributed by atoms with Crippen molar-refractivity contribution in [3.8, 4) is 0 Å². The second kappa shape index (κ2) is 7.15. The van der Waals surface area contributed by atoms with Crippen LogP contribution in [-0.2, 0) is 0 Å². The molecular formula is C15H25BrN2. The van der Waals surface area contributed by atoms with E-state index in [0.717, 1.165) is 17.6 Å². The van der Waals surface area contributed by atoms with Crippen molar-refractivity contribution in [3.63, 3.8) is 0 Å². The van der Waals surface area contributed by atoms with Gasteiger partial charge in [-0.2, -0.15) is 0 Å². The van der Waals surface area contributed by atoms with Crippen molar-refractivity contribution in [1.29, 1.82) is 0 Å². The molecular weight excluding hydrogens is 288 g/mol. The maximum Gasteiger partial charge on any atom is 0.0423 e. The highest BCUT2D eigenvalue weighted by Crippen LogP contribution is 2.29. The van der Waals surface area contributed by atoms with E-state index in [1.165, 1.54) is 11.3 Å². The Morgan fingerprint density at radius 3 is 2.50 bits per heavy atom. The Balaban J connectivity index is 3.02. The molecule has 0 radical (unpaired) electrons. The van der Waals surface area contributed by atoms with Crippen molar-refractivity contribution in [1.82, 2.24) is 5.32 Å². The van der Waals surface area contributed by atoms with Crippen LogP contribution in [0.1, 0.15) is 39.3 Å². The van der Waals surface area contributed by atoms with Gasteiger partial charge >= 0.3 is 0 Å². The van der Waals surface area contributed by atoms with Crippen LogP contribution in [-0.4, -0.2) is 20.1 Å². The zero-order valence-corrected chi connectivity index (χ0v) is 13.7. The van der Waals surface area contributed by atoms with Crippen LogP contribution in [0, 0.1) is 5.92 Å². The Morgan fingerprint density at radius 1 is 1.28 bits per heavy atom. The Hall–Kier alpha value is -0.540. The molecule has 18 heavy (non-hydrogen) atoms. The van der Waals surface area contributed by atoms with E-state index in [0.29, 0.717) is 12.0 Å². The maximum absolute atomic E-state index is 3.57. The minimum absolute atomic E-state index is 0.382. The van der Waals surface area contributed by atoms with Crippen LogP contribution in [0.2, 0.25) is 0 Å². The van der Waals surface area contributed by atoms with E-state index in [9.17, 15) is 0 Å². The van der Waals surface area contributed by atoms with Gasteiger partial charge in [-0.1, -0.05) is 42.8 Å². The molecule has 2 nitrogen and oxygen atoms in total. The molecule has 0 bridgehead atoms. The lowest BCUT2D eigenvalue weighted by Crippen LogP contribution is -2.26. The van der Waals surface area contributed by atoms with Crippen LogP contribution >= 0.6 is 15.9 Å². The Morgan fingerprint density at radius 2 is 1.94 bits per heavy atom. The molecule has 1 atom stereocenters. The molecule has 0 aliphatic heterocycles. The number of nitrogens with one attached hydrogen (secondary N) is 1. The van der Waals surface area contributed by atoms with Crippen LogP contribution in [0.3, 0.4) is 0 Å². The number of nitrogens with zero attached hydrogens (tertiary/aromatic N) is 1. The van der Waals surface area contributed by atoms with E-state index in [2.05, 4.69) is 79.1 Å². The van der Waals surface area contributed by atoms with Crippen LogP contribution in [0.4, 0.5) is 5.69 Å². The third-order valence-electron chi connectivity index (χ3n) is 3.02. The van der Waals surface area contributed by atoms with E-state index in [4.69, 9.17) is 0 Å². The van der Waals surface area contributed by atoms with Gasteiger partial charge in [0.05, 0.1) is 0 Å². The summed E-state index contributed by atoms with van der Waals surface area (Å²) in [5.74, 6) is 0.663. The number of anilines is 1. The number of hydrogen-bond donors (Lipinski definition) is 1. The largest absolute Gasteiger partial charge is 0.374 e. The zero-order chi connectivity index (χ0) is 13.7.